The molecule has 2 heterocycles. The molecule has 10 aromatic rings. The van der Waals surface area contributed by atoms with Crippen LogP contribution in [0.4, 0.5) is 0 Å². The molecule has 0 saturated heterocycles. The molecular formula is C55H36N2O2. The lowest BCUT2D eigenvalue weighted by Crippen LogP contribution is -2.15. The molecule has 9 aromatic carbocycles. The van der Waals surface area contributed by atoms with Gasteiger partial charge in [-0.15, -0.1) is 0 Å². The number of ether oxygens (including phenoxy) is 2. The summed E-state index contributed by atoms with van der Waals surface area (Å²) in [6.07, 6.45) is 0. The third-order valence-corrected chi connectivity index (χ3v) is 12.3. The first-order valence-corrected chi connectivity index (χ1v) is 20.1. The number of hydrogen-bond acceptors (Lipinski definition) is 4. The number of hydrogen-bond donors (Lipinski definition) is 0. The summed E-state index contributed by atoms with van der Waals surface area (Å²) in [5, 5.41) is 7.43. The van der Waals surface area contributed by atoms with Gasteiger partial charge < -0.3 is 9.47 Å². The first kappa shape index (κ1) is 33.6. The summed E-state index contributed by atoms with van der Waals surface area (Å²) in [5.41, 5.74) is 11.5. The van der Waals surface area contributed by atoms with Crippen molar-refractivity contribution in [2.45, 2.75) is 19.3 Å². The maximum absolute atomic E-state index is 6.69. The topological polar surface area (TPSA) is 44.2 Å². The quantitative estimate of drug-likeness (QED) is 0.168. The molecule has 0 radical (unpaired) electrons. The molecule has 0 spiro atoms. The molecule has 0 unspecified atom stereocenters. The molecule has 0 N–H and O–H groups in total. The molecule has 0 bridgehead atoms. The van der Waals surface area contributed by atoms with Gasteiger partial charge >= 0.3 is 0 Å². The highest BCUT2D eigenvalue weighted by Crippen LogP contribution is 2.58. The molecule has 1 aliphatic heterocycles. The number of rotatable bonds is 4. The first-order chi connectivity index (χ1) is 29.0. The van der Waals surface area contributed by atoms with Gasteiger partial charge in [-0.2, -0.15) is 0 Å². The third kappa shape index (κ3) is 5.23. The van der Waals surface area contributed by atoms with Crippen molar-refractivity contribution >= 4 is 32.3 Å². The molecule has 1 aliphatic carbocycles. The lowest BCUT2D eigenvalue weighted by Gasteiger charge is -2.25. The Morgan fingerprint density at radius 3 is 1.75 bits per heavy atom. The maximum atomic E-state index is 6.69. The van der Waals surface area contributed by atoms with Gasteiger partial charge in [-0.05, 0) is 96.5 Å². The van der Waals surface area contributed by atoms with Gasteiger partial charge in [0.15, 0.2) is 28.8 Å². The molecule has 0 fully saturated rings. The van der Waals surface area contributed by atoms with E-state index >= 15 is 0 Å². The lowest BCUT2D eigenvalue weighted by atomic mass is 9.82. The molecule has 4 heteroatoms. The van der Waals surface area contributed by atoms with Gasteiger partial charge in [0.1, 0.15) is 0 Å². The van der Waals surface area contributed by atoms with Crippen LogP contribution in [0.3, 0.4) is 0 Å². The summed E-state index contributed by atoms with van der Waals surface area (Å²) in [5.74, 6) is 3.56. The predicted octanol–water partition coefficient (Wildman–Crippen LogP) is 14.8. The van der Waals surface area contributed by atoms with E-state index in [-0.39, 0.29) is 5.41 Å². The molecule has 1 aromatic heterocycles. The van der Waals surface area contributed by atoms with Crippen molar-refractivity contribution in [3.63, 3.8) is 0 Å². The standard InChI is InChI=1S/C55H36N2O2/c1-55(2)45-22-11-10-21-43(45)52-46(55)26-28-50-53(52)59-49-27-24-35(31-51(49)58-50)34-15-12-16-37(29-34)54-56-47(33-13-4-3-5-14-33)32-48(57-54)36-23-25-42-40-19-7-6-17-38(40)39-18-8-9-20-41(39)44(42)30-36/h3-32H,1-2H3. The van der Waals surface area contributed by atoms with Gasteiger partial charge in [0.05, 0.1) is 11.4 Å². The summed E-state index contributed by atoms with van der Waals surface area (Å²) in [6.45, 7) is 4.55. The average Bonchev–Trinajstić information content (AvgIpc) is 3.54. The molecule has 0 amide bonds. The van der Waals surface area contributed by atoms with Crippen molar-refractivity contribution in [1.82, 2.24) is 9.97 Å². The van der Waals surface area contributed by atoms with E-state index in [2.05, 4.69) is 178 Å². The summed E-state index contributed by atoms with van der Waals surface area (Å²) in [7, 11) is 0. The molecular weight excluding hydrogens is 721 g/mol. The average molecular weight is 757 g/mol. The predicted molar refractivity (Wildman–Crippen MR) is 240 cm³/mol. The van der Waals surface area contributed by atoms with Crippen LogP contribution in [-0.4, -0.2) is 9.97 Å². The van der Waals surface area contributed by atoms with Gasteiger partial charge in [0.25, 0.3) is 0 Å². The fourth-order valence-electron chi connectivity index (χ4n) is 9.39. The Morgan fingerprint density at radius 1 is 0.373 bits per heavy atom. The van der Waals surface area contributed by atoms with Crippen molar-refractivity contribution in [1.29, 1.82) is 0 Å². The van der Waals surface area contributed by atoms with Gasteiger partial charge in [-0.1, -0.05) is 159 Å². The van der Waals surface area contributed by atoms with Crippen LogP contribution in [0.15, 0.2) is 182 Å². The van der Waals surface area contributed by atoms with Crippen LogP contribution in [0.2, 0.25) is 0 Å². The number of nitrogens with zero attached hydrogens (tertiary/aromatic N) is 2. The highest BCUT2D eigenvalue weighted by Gasteiger charge is 2.39. The molecule has 2 aliphatic rings. The normalized spacial score (nSPS) is 13.3. The largest absolute Gasteiger partial charge is 0.449 e. The monoisotopic (exact) mass is 756 g/mol. The SMILES string of the molecule is CC1(C)c2ccccc2-c2c1ccc1c2Oc2ccc(-c3cccc(-c4nc(-c5ccccc5)cc(-c5ccc6c7ccccc7c7ccccc7c6c5)n4)c3)cc2O1. The van der Waals surface area contributed by atoms with Crippen molar-refractivity contribution in [2.24, 2.45) is 0 Å². The minimum absolute atomic E-state index is 0.121. The van der Waals surface area contributed by atoms with E-state index in [0.717, 1.165) is 56.3 Å². The molecule has 0 saturated carbocycles. The van der Waals surface area contributed by atoms with E-state index in [1.54, 1.807) is 0 Å². The molecule has 4 nitrogen and oxygen atoms in total. The molecule has 59 heavy (non-hydrogen) atoms. The number of fused-ring (bicyclic) bond motifs is 12. The summed E-state index contributed by atoms with van der Waals surface area (Å²) in [6, 6.07) is 64.1. The van der Waals surface area contributed by atoms with Gasteiger partial charge in [-0.3, -0.25) is 0 Å². The van der Waals surface area contributed by atoms with Crippen LogP contribution in [0.5, 0.6) is 23.0 Å². The Hall–Kier alpha value is -7.56. The molecule has 12 rings (SSSR count). The van der Waals surface area contributed by atoms with Crippen LogP contribution in [0.1, 0.15) is 25.0 Å². The van der Waals surface area contributed by atoms with E-state index in [1.165, 1.54) is 49.0 Å². The van der Waals surface area contributed by atoms with Crippen LogP contribution in [0, 0.1) is 0 Å². The van der Waals surface area contributed by atoms with Crippen LogP contribution >= 0.6 is 0 Å². The lowest BCUT2D eigenvalue weighted by molar-refractivity contribution is 0.360. The smallest absolute Gasteiger partial charge is 0.178 e. The summed E-state index contributed by atoms with van der Waals surface area (Å²) in [4.78, 5) is 10.5. The highest BCUT2D eigenvalue weighted by molar-refractivity contribution is 6.25. The fourth-order valence-corrected chi connectivity index (χ4v) is 9.39. The maximum Gasteiger partial charge on any atom is 0.178 e. The number of aromatic nitrogens is 2. The third-order valence-electron chi connectivity index (χ3n) is 12.3. The van der Waals surface area contributed by atoms with E-state index in [1.807, 2.05) is 18.2 Å². The second-order valence-electron chi connectivity index (χ2n) is 16.1. The van der Waals surface area contributed by atoms with Crippen LogP contribution < -0.4 is 9.47 Å². The fraction of sp³-hybridized carbons (Fsp3) is 0.0545. The number of benzene rings is 9. The Labute approximate surface area is 342 Å². The van der Waals surface area contributed by atoms with Crippen molar-refractivity contribution in [2.75, 3.05) is 0 Å². The van der Waals surface area contributed by atoms with Crippen molar-refractivity contribution in [3.05, 3.63) is 193 Å². The zero-order valence-electron chi connectivity index (χ0n) is 32.5. The summed E-state index contributed by atoms with van der Waals surface area (Å²) >= 11 is 0. The molecule has 0 atom stereocenters. The Balaban J connectivity index is 0.943. The van der Waals surface area contributed by atoms with Crippen LogP contribution in [0.25, 0.3) is 88.5 Å². The van der Waals surface area contributed by atoms with Gasteiger partial charge in [0.2, 0.25) is 0 Å². The zero-order chi connectivity index (χ0) is 39.2. The van der Waals surface area contributed by atoms with E-state index in [9.17, 15) is 0 Å². The van der Waals surface area contributed by atoms with Crippen molar-refractivity contribution in [3.8, 4) is 79.2 Å². The van der Waals surface area contributed by atoms with Gasteiger partial charge in [-0.25, -0.2) is 9.97 Å². The van der Waals surface area contributed by atoms with Crippen molar-refractivity contribution < 1.29 is 9.47 Å². The molecule has 278 valence electrons. The first-order valence-electron chi connectivity index (χ1n) is 20.1. The summed E-state index contributed by atoms with van der Waals surface area (Å²) < 4.78 is 13.3. The zero-order valence-corrected chi connectivity index (χ0v) is 32.5. The highest BCUT2D eigenvalue weighted by atomic mass is 16.6. The van der Waals surface area contributed by atoms with E-state index < -0.39 is 0 Å². The van der Waals surface area contributed by atoms with Crippen LogP contribution in [-0.2, 0) is 5.41 Å². The second kappa shape index (κ2) is 12.7. The Bertz CT molecular complexity index is 3330. The minimum atomic E-state index is -0.121. The minimum Gasteiger partial charge on any atom is -0.449 e. The Kier molecular flexibility index (Phi) is 7.24. The Morgan fingerprint density at radius 2 is 0.966 bits per heavy atom. The van der Waals surface area contributed by atoms with E-state index in [4.69, 9.17) is 19.4 Å². The second-order valence-corrected chi connectivity index (χ2v) is 16.1. The van der Waals surface area contributed by atoms with E-state index in [0.29, 0.717) is 17.3 Å². The van der Waals surface area contributed by atoms with Gasteiger partial charge in [0, 0.05) is 27.7 Å².